The number of aromatic amines is 1. The fourth-order valence-corrected chi connectivity index (χ4v) is 3.88. The standard InChI is InChI=1S/C22H25N3O2/c1-24-13-16-7-5-4-6-15(16)10-18(24)14-25(2)22(26)21-12-17-11-19(27-3)8-9-20(17)23-21/h4-9,11-12,18,23H,10,13-14H2,1-3H3/t18-/m0/s1. The molecule has 0 unspecified atom stereocenters. The van der Waals surface area contributed by atoms with Gasteiger partial charge in [-0.1, -0.05) is 24.3 Å². The van der Waals surface area contributed by atoms with Gasteiger partial charge >= 0.3 is 0 Å². The highest BCUT2D eigenvalue weighted by molar-refractivity contribution is 5.98. The molecular formula is C22H25N3O2. The largest absolute Gasteiger partial charge is 0.497 e. The zero-order valence-corrected chi connectivity index (χ0v) is 16.0. The smallest absolute Gasteiger partial charge is 0.270 e. The molecule has 0 saturated carbocycles. The summed E-state index contributed by atoms with van der Waals surface area (Å²) in [6, 6.07) is 16.6. The van der Waals surface area contributed by atoms with Crippen molar-refractivity contribution in [3.63, 3.8) is 0 Å². The van der Waals surface area contributed by atoms with Gasteiger partial charge in [0, 0.05) is 37.1 Å². The Morgan fingerprint density at radius 3 is 2.78 bits per heavy atom. The summed E-state index contributed by atoms with van der Waals surface area (Å²) in [5.41, 5.74) is 4.32. The molecule has 1 aliphatic rings. The third-order valence-electron chi connectivity index (χ3n) is 5.51. The van der Waals surface area contributed by atoms with Crippen LogP contribution in [0.5, 0.6) is 5.75 Å². The Morgan fingerprint density at radius 1 is 1.22 bits per heavy atom. The van der Waals surface area contributed by atoms with E-state index in [-0.39, 0.29) is 5.91 Å². The van der Waals surface area contributed by atoms with E-state index in [4.69, 9.17) is 4.74 Å². The van der Waals surface area contributed by atoms with Crippen molar-refractivity contribution in [3.8, 4) is 5.75 Å². The molecule has 4 rings (SSSR count). The summed E-state index contributed by atoms with van der Waals surface area (Å²) in [4.78, 5) is 20.3. The predicted molar refractivity (Wildman–Crippen MR) is 107 cm³/mol. The van der Waals surface area contributed by atoms with Gasteiger partial charge in [-0.25, -0.2) is 0 Å². The van der Waals surface area contributed by atoms with Gasteiger partial charge in [-0.3, -0.25) is 9.69 Å². The number of aromatic nitrogens is 1. The first-order valence-corrected chi connectivity index (χ1v) is 9.24. The Balaban J connectivity index is 1.49. The van der Waals surface area contributed by atoms with Gasteiger partial charge in [-0.2, -0.15) is 0 Å². The molecule has 1 aliphatic heterocycles. The van der Waals surface area contributed by atoms with Gasteiger partial charge in [-0.15, -0.1) is 0 Å². The fraction of sp³-hybridized carbons (Fsp3) is 0.318. The lowest BCUT2D eigenvalue weighted by molar-refractivity contribution is 0.0728. The van der Waals surface area contributed by atoms with Crippen LogP contribution >= 0.6 is 0 Å². The molecule has 5 nitrogen and oxygen atoms in total. The molecule has 3 aromatic rings. The quantitative estimate of drug-likeness (QED) is 0.774. The molecule has 0 fully saturated rings. The van der Waals surface area contributed by atoms with Crippen molar-refractivity contribution < 1.29 is 9.53 Å². The molecule has 27 heavy (non-hydrogen) atoms. The lowest BCUT2D eigenvalue weighted by Crippen LogP contribution is -2.46. The van der Waals surface area contributed by atoms with Crippen LogP contribution in [0, 0.1) is 0 Å². The van der Waals surface area contributed by atoms with E-state index in [1.807, 2.05) is 36.2 Å². The highest BCUT2D eigenvalue weighted by Crippen LogP contribution is 2.24. The van der Waals surface area contributed by atoms with Crippen LogP contribution in [0.3, 0.4) is 0 Å². The third-order valence-corrected chi connectivity index (χ3v) is 5.51. The summed E-state index contributed by atoms with van der Waals surface area (Å²) in [5, 5.41) is 0.981. The second-order valence-corrected chi connectivity index (χ2v) is 7.36. The van der Waals surface area contributed by atoms with Gasteiger partial charge in [0.2, 0.25) is 0 Å². The van der Waals surface area contributed by atoms with Crippen LogP contribution in [-0.2, 0) is 13.0 Å². The number of likely N-dealkylation sites (N-methyl/N-ethyl adjacent to an activating group) is 2. The monoisotopic (exact) mass is 363 g/mol. The van der Waals surface area contributed by atoms with Gasteiger partial charge in [-0.05, 0) is 48.9 Å². The number of hydrogen-bond acceptors (Lipinski definition) is 3. The van der Waals surface area contributed by atoms with Crippen molar-refractivity contribution in [1.82, 2.24) is 14.8 Å². The minimum absolute atomic E-state index is 0.0115. The molecule has 1 aromatic heterocycles. The number of hydrogen-bond donors (Lipinski definition) is 1. The van der Waals surface area contributed by atoms with Crippen LogP contribution < -0.4 is 4.74 Å². The van der Waals surface area contributed by atoms with Crippen LogP contribution in [0.1, 0.15) is 21.6 Å². The minimum atomic E-state index is 0.0115. The average Bonchev–Trinajstić information content (AvgIpc) is 3.11. The number of rotatable bonds is 4. The predicted octanol–water partition coefficient (Wildman–Crippen LogP) is 3.31. The summed E-state index contributed by atoms with van der Waals surface area (Å²) in [7, 11) is 5.66. The van der Waals surface area contributed by atoms with E-state index in [1.54, 1.807) is 7.11 Å². The molecule has 5 heteroatoms. The highest BCUT2D eigenvalue weighted by atomic mass is 16.5. The molecule has 1 amide bonds. The van der Waals surface area contributed by atoms with Crippen LogP contribution in [0.25, 0.3) is 10.9 Å². The summed E-state index contributed by atoms with van der Waals surface area (Å²) in [6.07, 6.45) is 0.966. The first kappa shape index (κ1) is 17.6. The first-order valence-electron chi connectivity index (χ1n) is 9.24. The van der Waals surface area contributed by atoms with E-state index in [2.05, 4.69) is 41.2 Å². The van der Waals surface area contributed by atoms with Gasteiger partial charge in [0.25, 0.3) is 5.91 Å². The number of methoxy groups -OCH3 is 1. The molecule has 140 valence electrons. The van der Waals surface area contributed by atoms with Crippen molar-refractivity contribution in [2.24, 2.45) is 0 Å². The SMILES string of the molecule is COc1ccc2[nH]c(C(=O)N(C)C[C@@H]3Cc4ccccc4CN3C)cc2c1. The average molecular weight is 363 g/mol. The van der Waals surface area contributed by atoms with E-state index in [0.29, 0.717) is 18.3 Å². The Labute approximate surface area is 159 Å². The van der Waals surface area contributed by atoms with Crippen molar-refractivity contribution in [2.45, 2.75) is 19.0 Å². The summed E-state index contributed by atoms with van der Waals surface area (Å²) < 4.78 is 5.27. The maximum Gasteiger partial charge on any atom is 0.270 e. The second-order valence-electron chi connectivity index (χ2n) is 7.36. The van der Waals surface area contributed by atoms with E-state index >= 15 is 0 Å². The van der Waals surface area contributed by atoms with Crippen molar-refractivity contribution in [2.75, 3.05) is 27.7 Å². The molecule has 0 radical (unpaired) electrons. The number of fused-ring (bicyclic) bond motifs is 2. The van der Waals surface area contributed by atoms with Gasteiger partial charge in [0.15, 0.2) is 0 Å². The Bertz CT molecular complexity index is 979. The van der Waals surface area contributed by atoms with Crippen molar-refractivity contribution in [3.05, 3.63) is 65.4 Å². The lowest BCUT2D eigenvalue weighted by atomic mass is 9.94. The molecular weight excluding hydrogens is 338 g/mol. The number of carbonyl (C=O) groups excluding carboxylic acids is 1. The topological polar surface area (TPSA) is 48.6 Å². The minimum Gasteiger partial charge on any atom is -0.497 e. The van der Waals surface area contributed by atoms with Crippen molar-refractivity contribution in [1.29, 1.82) is 0 Å². The van der Waals surface area contributed by atoms with Crippen LogP contribution in [-0.4, -0.2) is 54.5 Å². The molecule has 1 atom stereocenters. The molecule has 2 aromatic carbocycles. The maximum atomic E-state index is 12.9. The van der Waals surface area contributed by atoms with E-state index in [1.165, 1.54) is 11.1 Å². The molecule has 0 aliphatic carbocycles. The van der Waals surface area contributed by atoms with Gasteiger partial charge < -0.3 is 14.6 Å². The molecule has 1 N–H and O–H groups in total. The van der Waals surface area contributed by atoms with Crippen molar-refractivity contribution >= 4 is 16.8 Å². The van der Waals surface area contributed by atoms with Crippen LogP contribution in [0.2, 0.25) is 0 Å². The number of benzene rings is 2. The number of H-pyrrole nitrogens is 1. The Morgan fingerprint density at radius 2 is 2.00 bits per heavy atom. The molecule has 2 heterocycles. The van der Waals surface area contributed by atoms with E-state index in [0.717, 1.165) is 29.6 Å². The van der Waals surface area contributed by atoms with Crippen LogP contribution in [0.15, 0.2) is 48.5 Å². The fourth-order valence-electron chi connectivity index (χ4n) is 3.88. The zero-order valence-electron chi connectivity index (χ0n) is 16.0. The van der Waals surface area contributed by atoms with E-state index in [9.17, 15) is 4.79 Å². The second kappa shape index (κ2) is 7.08. The highest BCUT2D eigenvalue weighted by Gasteiger charge is 2.26. The molecule has 0 spiro atoms. The first-order chi connectivity index (χ1) is 13.0. The van der Waals surface area contributed by atoms with Crippen LogP contribution in [0.4, 0.5) is 0 Å². The van der Waals surface area contributed by atoms with Gasteiger partial charge in [0.1, 0.15) is 11.4 Å². The lowest BCUT2D eigenvalue weighted by Gasteiger charge is -2.36. The number of nitrogens with one attached hydrogen (secondary N) is 1. The van der Waals surface area contributed by atoms with E-state index < -0.39 is 0 Å². The third kappa shape index (κ3) is 3.43. The number of carbonyl (C=O) groups is 1. The number of amides is 1. The molecule has 0 saturated heterocycles. The number of nitrogens with zero attached hydrogens (tertiary/aromatic N) is 2. The summed E-state index contributed by atoms with van der Waals surface area (Å²) >= 11 is 0. The Hall–Kier alpha value is -2.79. The molecule has 0 bridgehead atoms. The normalized spacial score (nSPS) is 16.9. The maximum absolute atomic E-state index is 12.9. The van der Waals surface area contributed by atoms with Gasteiger partial charge in [0.05, 0.1) is 7.11 Å². The number of ether oxygens (including phenoxy) is 1. The summed E-state index contributed by atoms with van der Waals surface area (Å²) in [5.74, 6) is 0.800. The zero-order chi connectivity index (χ0) is 19.0. The summed E-state index contributed by atoms with van der Waals surface area (Å²) in [6.45, 7) is 1.62. The Kier molecular flexibility index (Phi) is 4.62.